The molecule has 1 saturated heterocycles. The lowest BCUT2D eigenvalue weighted by Gasteiger charge is -2.43. The van der Waals surface area contributed by atoms with Crippen LogP contribution in [0.4, 0.5) is 0 Å². The van der Waals surface area contributed by atoms with Crippen molar-refractivity contribution in [3.8, 4) is 0 Å². The third-order valence-corrected chi connectivity index (χ3v) is 3.39. The Bertz CT molecular complexity index is 320. The molecule has 0 aromatic heterocycles. The fraction of sp³-hybridized carbons (Fsp3) is 0.769. The summed E-state index contributed by atoms with van der Waals surface area (Å²) in [5.41, 5.74) is -0.739. The summed E-state index contributed by atoms with van der Waals surface area (Å²) in [6, 6.07) is 0. The minimum Gasteiger partial charge on any atom is -0.466 e. The SMILES string of the molecule is COC(=O)C=CC1(C)COC2(CCCCC2)OO1. The van der Waals surface area contributed by atoms with Crippen molar-refractivity contribution in [2.75, 3.05) is 13.7 Å². The van der Waals surface area contributed by atoms with Gasteiger partial charge in [0.25, 0.3) is 0 Å². The van der Waals surface area contributed by atoms with E-state index in [1.807, 2.05) is 6.92 Å². The number of ether oxygens (including phenoxy) is 2. The van der Waals surface area contributed by atoms with Crippen LogP contribution in [-0.4, -0.2) is 31.1 Å². The second-order valence-electron chi connectivity index (χ2n) is 5.10. The van der Waals surface area contributed by atoms with E-state index in [2.05, 4.69) is 4.74 Å². The van der Waals surface area contributed by atoms with E-state index in [4.69, 9.17) is 14.5 Å². The van der Waals surface area contributed by atoms with E-state index in [0.29, 0.717) is 6.61 Å². The fourth-order valence-corrected chi connectivity index (χ4v) is 2.20. The van der Waals surface area contributed by atoms with Crippen LogP contribution in [0.2, 0.25) is 0 Å². The van der Waals surface area contributed by atoms with Crippen LogP contribution in [0.3, 0.4) is 0 Å². The zero-order valence-corrected chi connectivity index (χ0v) is 10.9. The topological polar surface area (TPSA) is 54.0 Å². The third kappa shape index (κ3) is 3.10. The van der Waals surface area contributed by atoms with Crippen LogP contribution in [0.1, 0.15) is 39.0 Å². The molecule has 0 aromatic rings. The van der Waals surface area contributed by atoms with Gasteiger partial charge >= 0.3 is 5.97 Å². The summed E-state index contributed by atoms with van der Waals surface area (Å²) in [6.45, 7) is 2.18. The first kappa shape index (κ1) is 13.5. The Hall–Kier alpha value is -0.910. The third-order valence-electron chi connectivity index (χ3n) is 3.39. The highest BCUT2D eigenvalue weighted by Gasteiger charge is 2.44. The molecule has 1 saturated carbocycles. The predicted molar refractivity (Wildman–Crippen MR) is 63.5 cm³/mol. The number of hydrogen-bond donors (Lipinski definition) is 0. The molecule has 2 rings (SSSR count). The molecule has 1 heterocycles. The van der Waals surface area contributed by atoms with Crippen LogP contribution in [0, 0.1) is 0 Å². The van der Waals surface area contributed by atoms with E-state index in [1.54, 1.807) is 6.08 Å². The van der Waals surface area contributed by atoms with E-state index >= 15 is 0 Å². The van der Waals surface area contributed by atoms with Gasteiger partial charge in [-0.15, -0.1) is 0 Å². The molecule has 1 spiro atoms. The largest absolute Gasteiger partial charge is 0.466 e. The summed E-state index contributed by atoms with van der Waals surface area (Å²) in [6.07, 6.45) is 8.07. The maximum absolute atomic E-state index is 11.0. The van der Waals surface area contributed by atoms with Gasteiger partial charge in [-0.1, -0.05) is 6.42 Å². The Balaban J connectivity index is 1.92. The summed E-state index contributed by atoms with van der Waals surface area (Å²) < 4.78 is 10.4. The first-order valence-corrected chi connectivity index (χ1v) is 6.36. The van der Waals surface area contributed by atoms with Crippen LogP contribution >= 0.6 is 0 Å². The Kier molecular flexibility index (Phi) is 4.04. The summed E-state index contributed by atoms with van der Waals surface area (Å²) in [7, 11) is 1.33. The lowest BCUT2D eigenvalue weighted by Crippen LogP contribution is -2.50. The number of esters is 1. The van der Waals surface area contributed by atoms with Gasteiger partial charge in [-0.25, -0.2) is 14.6 Å². The maximum atomic E-state index is 11.0. The van der Waals surface area contributed by atoms with Crippen molar-refractivity contribution < 1.29 is 24.0 Å². The predicted octanol–water partition coefficient (Wildman–Crippen LogP) is 2.11. The highest BCUT2D eigenvalue weighted by atomic mass is 17.2. The van der Waals surface area contributed by atoms with E-state index in [-0.39, 0.29) is 0 Å². The maximum Gasteiger partial charge on any atom is 0.330 e. The Morgan fingerprint density at radius 3 is 2.50 bits per heavy atom. The van der Waals surface area contributed by atoms with E-state index in [0.717, 1.165) is 25.7 Å². The Morgan fingerprint density at radius 2 is 1.94 bits per heavy atom. The van der Waals surface area contributed by atoms with Gasteiger partial charge in [0.15, 0.2) is 0 Å². The molecule has 102 valence electrons. The molecule has 5 nitrogen and oxygen atoms in total. The molecule has 0 bridgehead atoms. The van der Waals surface area contributed by atoms with Crippen molar-refractivity contribution in [1.29, 1.82) is 0 Å². The highest BCUT2D eigenvalue weighted by molar-refractivity contribution is 5.81. The highest BCUT2D eigenvalue weighted by Crippen LogP contribution is 2.38. The second-order valence-corrected chi connectivity index (χ2v) is 5.10. The smallest absolute Gasteiger partial charge is 0.330 e. The molecule has 1 unspecified atom stereocenters. The number of carbonyl (C=O) groups is 1. The molecule has 1 aliphatic heterocycles. The molecule has 18 heavy (non-hydrogen) atoms. The zero-order chi connectivity index (χ0) is 13.1. The molecule has 1 atom stereocenters. The first-order chi connectivity index (χ1) is 8.58. The van der Waals surface area contributed by atoms with Gasteiger partial charge in [-0.05, 0) is 25.8 Å². The van der Waals surface area contributed by atoms with Gasteiger partial charge < -0.3 is 9.47 Å². The van der Waals surface area contributed by atoms with Crippen molar-refractivity contribution >= 4 is 5.97 Å². The standard InChI is InChI=1S/C13H20O5/c1-12(9-6-11(14)15-2)10-16-13(18-17-12)7-4-3-5-8-13/h6,9H,3-5,7-8,10H2,1-2H3. The molecule has 5 heteroatoms. The number of hydrogen-bond acceptors (Lipinski definition) is 5. The van der Waals surface area contributed by atoms with Crippen LogP contribution in [-0.2, 0) is 24.0 Å². The Morgan fingerprint density at radius 1 is 1.22 bits per heavy atom. The normalized spacial score (nSPS) is 31.7. The van der Waals surface area contributed by atoms with Gasteiger partial charge in [0.1, 0.15) is 5.60 Å². The Labute approximate surface area is 107 Å². The first-order valence-electron chi connectivity index (χ1n) is 6.36. The molecule has 2 aliphatic rings. The molecular weight excluding hydrogens is 236 g/mol. The van der Waals surface area contributed by atoms with Gasteiger partial charge in [-0.3, -0.25) is 0 Å². The van der Waals surface area contributed by atoms with Crippen LogP contribution in [0.25, 0.3) is 0 Å². The summed E-state index contributed by atoms with van der Waals surface area (Å²) in [4.78, 5) is 21.9. The zero-order valence-electron chi connectivity index (χ0n) is 10.9. The summed E-state index contributed by atoms with van der Waals surface area (Å²) in [5.74, 6) is -0.991. The van der Waals surface area contributed by atoms with Gasteiger partial charge in [0, 0.05) is 18.9 Å². The molecule has 0 amide bonds. The van der Waals surface area contributed by atoms with Crippen molar-refractivity contribution in [1.82, 2.24) is 0 Å². The van der Waals surface area contributed by atoms with Crippen LogP contribution in [0.15, 0.2) is 12.2 Å². The van der Waals surface area contributed by atoms with E-state index < -0.39 is 17.4 Å². The second kappa shape index (κ2) is 5.38. The molecular formula is C13H20O5. The van der Waals surface area contributed by atoms with Gasteiger partial charge in [0.05, 0.1) is 13.7 Å². The average molecular weight is 256 g/mol. The van der Waals surface area contributed by atoms with Gasteiger partial charge in [-0.2, -0.15) is 0 Å². The molecule has 0 radical (unpaired) electrons. The number of carbonyl (C=O) groups excluding carboxylic acids is 1. The number of methoxy groups -OCH3 is 1. The lowest BCUT2D eigenvalue weighted by molar-refractivity contribution is -0.505. The quantitative estimate of drug-likeness (QED) is 0.430. The minimum absolute atomic E-state index is 0.375. The van der Waals surface area contributed by atoms with E-state index in [1.165, 1.54) is 19.6 Å². The lowest BCUT2D eigenvalue weighted by atomic mass is 9.93. The van der Waals surface area contributed by atoms with Crippen LogP contribution in [0.5, 0.6) is 0 Å². The average Bonchev–Trinajstić information content (AvgIpc) is 2.41. The molecule has 2 fully saturated rings. The monoisotopic (exact) mass is 256 g/mol. The minimum atomic E-state index is -0.739. The van der Waals surface area contributed by atoms with Crippen molar-refractivity contribution in [3.63, 3.8) is 0 Å². The molecule has 0 aromatic carbocycles. The molecule has 0 N–H and O–H groups in total. The fourth-order valence-electron chi connectivity index (χ4n) is 2.20. The summed E-state index contributed by atoms with van der Waals surface area (Å²) >= 11 is 0. The number of rotatable bonds is 2. The van der Waals surface area contributed by atoms with Crippen molar-refractivity contribution in [2.24, 2.45) is 0 Å². The molecule has 1 aliphatic carbocycles. The van der Waals surface area contributed by atoms with E-state index in [9.17, 15) is 4.79 Å². The van der Waals surface area contributed by atoms with Crippen molar-refractivity contribution in [3.05, 3.63) is 12.2 Å². The summed E-state index contributed by atoms with van der Waals surface area (Å²) in [5, 5.41) is 0. The van der Waals surface area contributed by atoms with Gasteiger partial charge in [0.2, 0.25) is 5.79 Å². The van der Waals surface area contributed by atoms with Crippen LogP contribution < -0.4 is 0 Å². The van der Waals surface area contributed by atoms with Crippen molar-refractivity contribution in [2.45, 2.75) is 50.4 Å².